The lowest BCUT2D eigenvalue weighted by molar-refractivity contribution is 0.0955. The molecule has 3 rings (SSSR count). The van der Waals surface area contributed by atoms with Crippen molar-refractivity contribution in [3.8, 4) is 0 Å². The van der Waals surface area contributed by atoms with Crippen molar-refractivity contribution in [3.05, 3.63) is 43.8 Å². The highest BCUT2D eigenvalue weighted by Crippen LogP contribution is 2.32. The van der Waals surface area contributed by atoms with Gasteiger partial charge in [0.1, 0.15) is 0 Å². The first-order valence-corrected chi connectivity index (χ1v) is 8.34. The summed E-state index contributed by atoms with van der Waals surface area (Å²) >= 11 is 3.35. The Bertz CT molecular complexity index is 571. The molecule has 2 aromatic rings. The summed E-state index contributed by atoms with van der Waals surface area (Å²) in [5.74, 6) is 0.824. The minimum atomic E-state index is 0.0699. The van der Waals surface area contributed by atoms with E-state index >= 15 is 0 Å². The Hall–Kier alpha value is -1.13. The molecular formula is C15H17NOS2. The van der Waals surface area contributed by atoms with Crippen LogP contribution < -0.4 is 5.32 Å². The number of nitrogens with one attached hydrogen (secondary N) is 1. The van der Waals surface area contributed by atoms with E-state index in [2.05, 4.69) is 18.3 Å². The molecule has 0 saturated carbocycles. The third-order valence-corrected chi connectivity index (χ3v) is 5.67. The smallest absolute Gasteiger partial charge is 0.261 e. The molecule has 0 radical (unpaired) electrons. The molecule has 1 aliphatic rings. The maximum Gasteiger partial charge on any atom is 0.261 e. The Kier molecular flexibility index (Phi) is 3.71. The van der Waals surface area contributed by atoms with E-state index in [1.54, 1.807) is 22.7 Å². The van der Waals surface area contributed by atoms with Gasteiger partial charge in [-0.05, 0) is 48.3 Å². The SMILES string of the molecule is C[C@H]1CCc2sc(C(=O)NCc3cccs3)cc2C1. The summed E-state index contributed by atoms with van der Waals surface area (Å²) in [4.78, 5) is 15.6. The first-order valence-electron chi connectivity index (χ1n) is 6.64. The molecule has 0 unspecified atom stereocenters. The van der Waals surface area contributed by atoms with Crippen molar-refractivity contribution in [2.45, 2.75) is 32.7 Å². The maximum atomic E-state index is 12.1. The number of carbonyl (C=O) groups is 1. The number of rotatable bonds is 3. The molecule has 19 heavy (non-hydrogen) atoms. The van der Waals surface area contributed by atoms with Crippen molar-refractivity contribution < 1.29 is 4.79 Å². The fourth-order valence-electron chi connectivity index (χ4n) is 2.49. The van der Waals surface area contributed by atoms with Gasteiger partial charge >= 0.3 is 0 Å². The second kappa shape index (κ2) is 5.47. The van der Waals surface area contributed by atoms with E-state index in [4.69, 9.17) is 0 Å². The van der Waals surface area contributed by atoms with Crippen LogP contribution in [0.4, 0.5) is 0 Å². The van der Waals surface area contributed by atoms with Crippen LogP contribution in [0.3, 0.4) is 0 Å². The van der Waals surface area contributed by atoms with E-state index in [0.717, 1.165) is 23.6 Å². The van der Waals surface area contributed by atoms with E-state index in [9.17, 15) is 4.79 Å². The van der Waals surface area contributed by atoms with Crippen LogP contribution in [-0.2, 0) is 19.4 Å². The first-order chi connectivity index (χ1) is 9.22. The number of fused-ring (bicyclic) bond motifs is 1. The Morgan fingerprint density at radius 1 is 1.53 bits per heavy atom. The summed E-state index contributed by atoms with van der Waals surface area (Å²) in [6.07, 6.45) is 3.52. The lowest BCUT2D eigenvalue weighted by atomic mass is 9.90. The van der Waals surface area contributed by atoms with Crippen molar-refractivity contribution in [3.63, 3.8) is 0 Å². The average Bonchev–Trinajstić information content (AvgIpc) is 3.04. The van der Waals surface area contributed by atoms with Gasteiger partial charge in [-0.2, -0.15) is 0 Å². The normalized spacial score (nSPS) is 18.1. The van der Waals surface area contributed by atoms with Gasteiger partial charge in [-0.1, -0.05) is 13.0 Å². The molecule has 1 amide bonds. The minimum absolute atomic E-state index is 0.0699. The predicted octanol–water partition coefficient (Wildman–Crippen LogP) is 3.86. The zero-order chi connectivity index (χ0) is 13.2. The summed E-state index contributed by atoms with van der Waals surface area (Å²) in [6, 6.07) is 6.16. The van der Waals surface area contributed by atoms with Crippen molar-refractivity contribution >= 4 is 28.6 Å². The molecule has 0 aliphatic heterocycles. The monoisotopic (exact) mass is 291 g/mol. The third-order valence-electron chi connectivity index (χ3n) is 3.56. The highest BCUT2D eigenvalue weighted by atomic mass is 32.1. The summed E-state index contributed by atoms with van der Waals surface area (Å²) in [6.45, 7) is 2.92. The van der Waals surface area contributed by atoms with Gasteiger partial charge in [0.05, 0.1) is 11.4 Å². The lowest BCUT2D eigenvalue weighted by Crippen LogP contribution is -2.21. The van der Waals surface area contributed by atoms with Crippen LogP contribution in [0.5, 0.6) is 0 Å². The molecular weight excluding hydrogens is 274 g/mol. The van der Waals surface area contributed by atoms with Crippen LogP contribution in [0.15, 0.2) is 23.6 Å². The first kappa shape index (κ1) is 12.9. The Morgan fingerprint density at radius 3 is 3.21 bits per heavy atom. The summed E-state index contributed by atoms with van der Waals surface area (Å²) in [5, 5.41) is 5.04. The van der Waals surface area contributed by atoms with Crippen LogP contribution in [0.25, 0.3) is 0 Å². The van der Waals surface area contributed by atoms with Crippen molar-refractivity contribution in [2.75, 3.05) is 0 Å². The Labute approximate surface area is 121 Å². The molecule has 100 valence electrons. The van der Waals surface area contributed by atoms with Gasteiger partial charge < -0.3 is 5.32 Å². The van der Waals surface area contributed by atoms with Crippen LogP contribution >= 0.6 is 22.7 Å². The molecule has 0 bridgehead atoms. The van der Waals surface area contributed by atoms with E-state index in [0.29, 0.717) is 6.54 Å². The van der Waals surface area contributed by atoms with E-state index in [1.165, 1.54) is 21.7 Å². The summed E-state index contributed by atoms with van der Waals surface area (Å²) in [5.41, 5.74) is 1.39. The number of hydrogen-bond donors (Lipinski definition) is 1. The van der Waals surface area contributed by atoms with Gasteiger partial charge in [0.15, 0.2) is 0 Å². The number of hydrogen-bond acceptors (Lipinski definition) is 3. The summed E-state index contributed by atoms with van der Waals surface area (Å²) < 4.78 is 0. The van der Waals surface area contributed by atoms with Crippen molar-refractivity contribution in [2.24, 2.45) is 5.92 Å². The molecule has 0 aromatic carbocycles. The van der Waals surface area contributed by atoms with Crippen LogP contribution in [0, 0.1) is 5.92 Å². The van der Waals surface area contributed by atoms with Crippen molar-refractivity contribution in [1.82, 2.24) is 5.32 Å². The number of carbonyl (C=O) groups excluding carboxylic acids is 1. The lowest BCUT2D eigenvalue weighted by Gasteiger charge is -2.16. The minimum Gasteiger partial charge on any atom is -0.346 e. The van der Waals surface area contributed by atoms with Crippen LogP contribution in [0.2, 0.25) is 0 Å². The molecule has 0 fully saturated rings. The topological polar surface area (TPSA) is 29.1 Å². The van der Waals surface area contributed by atoms with Gasteiger partial charge in [0.2, 0.25) is 0 Å². The zero-order valence-electron chi connectivity index (χ0n) is 10.9. The summed E-state index contributed by atoms with van der Waals surface area (Å²) in [7, 11) is 0. The van der Waals surface area contributed by atoms with Gasteiger partial charge in [0, 0.05) is 9.75 Å². The van der Waals surface area contributed by atoms with E-state index in [-0.39, 0.29) is 5.91 Å². The third kappa shape index (κ3) is 2.90. The molecule has 4 heteroatoms. The van der Waals surface area contributed by atoms with Crippen LogP contribution in [0.1, 0.15) is 38.3 Å². The molecule has 2 aromatic heterocycles. The number of aryl methyl sites for hydroxylation is 1. The zero-order valence-corrected chi connectivity index (χ0v) is 12.6. The predicted molar refractivity (Wildman–Crippen MR) is 81.0 cm³/mol. The van der Waals surface area contributed by atoms with E-state index in [1.807, 2.05) is 17.5 Å². The maximum absolute atomic E-state index is 12.1. The quantitative estimate of drug-likeness (QED) is 0.914. The standard InChI is InChI=1S/C15H17NOS2/c1-10-4-5-13-11(7-10)8-14(19-13)15(17)16-9-12-3-2-6-18-12/h2-3,6,8,10H,4-5,7,9H2,1H3,(H,16,17)/t10-/m0/s1. The molecule has 1 atom stereocenters. The van der Waals surface area contributed by atoms with Gasteiger partial charge in [-0.15, -0.1) is 22.7 Å². The van der Waals surface area contributed by atoms with Crippen molar-refractivity contribution in [1.29, 1.82) is 0 Å². The second-order valence-electron chi connectivity index (χ2n) is 5.17. The number of thiophene rings is 2. The van der Waals surface area contributed by atoms with Gasteiger partial charge in [0.25, 0.3) is 5.91 Å². The van der Waals surface area contributed by atoms with Crippen LogP contribution in [-0.4, -0.2) is 5.91 Å². The molecule has 2 nitrogen and oxygen atoms in total. The van der Waals surface area contributed by atoms with Gasteiger partial charge in [-0.25, -0.2) is 0 Å². The molecule has 0 spiro atoms. The fraction of sp³-hybridized carbons (Fsp3) is 0.400. The largest absolute Gasteiger partial charge is 0.346 e. The molecule has 2 heterocycles. The fourth-order valence-corrected chi connectivity index (χ4v) is 4.25. The molecule has 1 N–H and O–H groups in total. The van der Waals surface area contributed by atoms with E-state index < -0.39 is 0 Å². The second-order valence-corrected chi connectivity index (χ2v) is 7.34. The Balaban J connectivity index is 1.67. The number of amides is 1. The highest BCUT2D eigenvalue weighted by Gasteiger charge is 2.20. The molecule has 1 aliphatic carbocycles. The highest BCUT2D eigenvalue weighted by molar-refractivity contribution is 7.14. The Morgan fingerprint density at radius 2 is 2.42 bits per heavy atom. The van der Waals surface area contributed by atoms with Gasteiger partial charge in [-0.3, -0.25) is 4.79 Å². The average molecular weight is 291 g/mol. The molecule has 0 saturated heterocycles.